The molecule has 0 saturated heterocycles. The molecular weight excluding hydrogens is 359 g/mol. The molecule has 138 valence electrons. The van der Waals surface area contributed by atoms with Crippen LogP contribution in [-0.2, 0) is 17.1 Å². The topological polar surface area (TPSA) is 90.0 Å². The zero-order chi connectivity index (χ0) is 19.2. The van der Waals surface area contributed by atoms with Gasteiger partial charge in [-0.25, -0.2) is 12.8 Å². The van der Waals surface area contributed by atoms with E-state index in [1.807, 2.05) is 0 Å². The van der Waals surface area contributed by atoms with Crippen molar-refractivity contribution in [2.24, 2.45) is 7.05 Å². The third kappa shape index (κ3) is 2.98. The van der Waals surface area contributed by atoms with E-state index < -0.39 is 15.8 Å². The Labute approximate surface area is 150 Å². The second-order valence-corrected chi connectivity index (χ2v) is 7.75. The number of hydrogen-bond acceptors (Lipinski definition) is 5. The summed E-state index contributed by atoms with van der Waals surface area (Å²) in [5.41, 5.74) is 2.19. The summed E-state index contributed by atoms with van der Waals surface area (Å²) in [5, 5.41) is 7.76. The molecule has 0 aliphatic heterocycles. The molecule has 0 aliphatic carbocycles. The predicted octanol–water partition coefficient (Wildman–Crippen LogP) is 3.25. The van der Waals surface area contributed by atoms with Crippen LogP contribution in [0.15, 0.2) is 27.5 Å². The molecule has 0 radical (unpaired) electrons. The van der Waals surface area contributed by atoms with Gasteiger partial charge in [0.1, 0.15) is 10.7 Å². The summed E-state index contributed by atoms with van der Waals surface area (Å²) in [7, 11) is -2.20. The van der Waals surface area contributed by atoms with Crippen LogP contribution in [0, 0.1) is 33.5 Å². The van der Waals surface area contributed by atoms with E-state index in [1.165, 1.54) is 18.2 Å². The highest BCUT2D eigenvalue weighted by molar-refractivity contribution is 7.93. The Kier molecular flexibility index (Phi) is 4.35. The maximum absolute atomic E-state index is 13.5. The molecule has 26 heavy (non-hydrogen) atoms. The molecule has 2 aromatic heterocycles. The molecule has 0 fully saturated rings. The Bertz CT molecular complexity index is 1100. The lowest BCUT2D eigenvalue weighted by Crippen LogP contribution is -2.15. The van der Waals surface area contributed by atoms with Crippen LogP contribution in [0.1, 0.15) is 22.8 Å². The molecule has 0 unspecified atom stereocenters. The van der Waals surface area contributed by atoms with Gasteiger partial charge in [-0.1, -0.05) is 0 Å². The van der Waals surface area contributed by atoms with Crippen LogP contribution in [0.3, 0.4) is 0 Å². The zero-order valence-corrected chi connectivity index (χ0v) is 15.9. The lowest BCUT2D eigenvalue weighted by Gasteiger charge is -2.10. The van der Waals surface area contributed by atoms with Crippen molar-refractivity contribution in [1.82, 2.24) is 14.8 Å². The largest absolute Gasteiger partial charge is 0.421 e. The molecule has 1 aromatic carbocycles. The quantitative estimate of drug-likeness (QED) is 0.753. The Morgan fingerprint density at radius 2 is 1.81 bits per heavy atom. The molecule has 0 saturated carbocycles. The van der Waals surface area contributed by atoms with Gasteiger partial charge in [0, 0.05) is 31.0 Å². The van der Waals surface area contributed by atoms with Gasteiger partial charge in [0.25, 0.3) is 15.9 Å². The Morgan fingerprint density at radius 3 is 2.38 bits per heavy atom. The Morgan fingerprint density at radius 1 is 1.12 bits per heavy atom. The van der Waals surface area contributed by atoms with Gasteiger partial charge in [-0.05, 0) is 44.5 Å². The third-order valence-electron chi connectivity index (χ3n) is 4.34. The number of aromatic nitrogens is 3. The van der Waals surface area contributed by atoms with Gasteiger partial charge in [0.05, 0.1) is 5.56 Å². The van der Waals surface area contributed by atoms with Crippen molar-refractivity contribution in [3.63, 3.8) is 0 Å². The molecule has 3 aromatic rings. The van der Waals surface area contributed by atoms with E-state index in [-0.39, 0.29) is 16.5 Å². The molecule has 0 aliphatic rings. The highest BCUT2D eigenvalue weighted by atomic mass is 32.2. The molecule has 2 heterocycles. The Balaban J connectivity index is 2.15. The van der Waals surface area contributed by atoms with E-state index >= 15 is 0 Å². The van der Waals surface area contributed by atoms with E-state index in [1.54, 1.807) is 39.3 Å². The highest BCUT2D eigenvalue weighted by Gasteiger charge is 2.30. The molecule has 7 nitrogen and oxygen atoms in total. The number of aryl methyl sites for hydroxylation is 2. The van der Waals surface area contributed by atoms with Crippen molar-refractivity contribution in [1.29, 1.82) is 0 Å². The van der Waals surface area contributed by atoms with Gasteiger partial charge >= 0.3 is 0 Å². The minimum atomic E-state index is -3.97. The van der Waals surface area contributed by atoms with Crippen LogP contribution in [0.5, 0.6) is 0 Å². The molecule has 0 amide bonds. The van der Waals surface area contributed by atoms with E-state index in [0.717, 1.165) is 0 Å². The van der Waals surface area contributed by atoms with Crippen LogP contribution in [0.4, 0.5) is 10.1 Å². The first-order valence-corrected chi connectivity index (χ1v) is 9.35. The van der Waals surface area contributed by atoms with E-state index in [2.05, 4.69) is 14.9 Å². The highest BCUT2D eigenvalue weighted by Crippen LogP contribution is 2.35. The SMILES string of the molecule is Cc1nnc(-c2c(S(=O)(=O)Nc3ccc(F)c(C)c3)c(C)n(C)c2C)o1. The second kappa shape index (κ2) is 6.24. The number of benzene rings is 1. The number of nitrogens with one attached hydrogen (secondary N) is 1. The van der Waals surface area contributed by atoms with Crippen LogP contribution < -0.4 is 4.72 Å². The zero-order valence-electron chi connectivity index (χ0n) is 15.1. The van der Waals surface area contributed by atoms with Crippen molar-refractivity contribution in [3.05, 3.63) is 46.9 Å². The van der Waals surface area contributed by atoms with Crippen LogP contribution in [-0.4, -0.2) is 23.2 Å². The van der Waals surface area contributed by atoms with Gasteiger partial charge in [-0.15, -0.1) is 10.2 Å². The van der Waals surface area contributed by atoms with Crippen LogP contribution in [0.25, 0.3) is 11.5 Å². The van der Waals surface area contributed by atoms with E-state index in [0.29, 0.717) is 28.4 Å². The fourth-order valence-corrected chi connectivity index (χ4v) is 4.38. The second-order valence-electron chi connectivity index (χ2n) is 6.13. The fourth-order valence-electron chi connectivity index (χ4n) is 2.81. The molecule has 0 bridgehead atoms. The van der Waals surface area contributed by atoms with Gasteiger partial charge in [-0.3, -0.25) is 4.72 Å². The number of anilines is 1. The first-order chi connectivity index (χ1) is 12.1. The number of rotatable bonds is 4. The van der Waals surface area contributed by atoms with Gasteiger partial charge in [0.2, 0.25) is 5.89 Å². The normalized spacial score (nSPS) is 11.8. The number of nitrogens with zero attached hydrogens (tertiary/aromatic N) is 3. The first-order valence-electron chi connectivity index (χ1n) is 7.87. The maximum atomic E-state index is 13.5. The summed E-state index contributed by atoms with van der Waals surface area (Å²) in [5.74, 6) is 0.0763. The summed E-state index contributed by atoms with van der Waals surface area (Å²) >= 11 is 0. The number of halogens is 1. The van der Waals surface area contributed by atoms with Crippen molar-refractivity contribution in [3.8, 4) is 11.5 Å². The minimum Gasteiger partial charge on any atom is -0.421 e. The summed E-state index contributed by atoms with van der Waals surface area (Å²) in [6.45, 7) is 6.68. The van der Waals surface area contributed by atoms with Crippen LogP contribution in [0.2, 0.25) is 0 Å². The summed E-state index contributed by atoms with van der Waals surface area (Å²) in [6.07, 6.45) is 0. The molecule has 0 atom stereocenters. The molecule has 9 heteroatoms. The van der Waals surface area contributed by atoms with Crippen molar-refractivity contribution < 1.29 is 17.2 Å². The molecule has 1 N–H and O–H groups in total. The van der Waals surface area contributed by atoms with Crippen LogP contribution >= 0.6 is 0 Å². The molecule has 0 spiro atoms. The lowest BCUT2D eigenvalue weighted by atomic mass is 10.2. The number of sulfonamides is 1. The summed E-state index contributed by atoms with van der Waals surface area (Å²) < 4.78 is 49.3. The predicted molar refractivity (Wildman–Crippen MR) is 94.9 cm³/mol. The number of hydrogen-bond donors (Lipinski definition) is 1. The van der Waals surface area contributed by atoms with Gasteiger partial charge in [0.15, 0.2) is 0 Å². The average molecular weight is 378 g/mol. The first kappa shape index (κ1) is 18.1. The van der Waals surface area contributed by atoms with E-state index in [9.17, 15) is 12.8 Å². The molecule has 3 rings (SSSR count). The van der Waals surface area contributed by atoms with Crippen molar-refractivity contribution in [2.75, 3.05) is 4.72 Å². The van der Waals surface area contributed by atoms with Crippen molar-refractivity contribution >= 4 is 15.7 Å². The lowest BCUT2D eigenvalue weighted by molar-refractivity contribution is 0.530. The monoisotopic (exact) mass is 378 g/mol. The summed E-state index contributed by atoms with van der Waals surface area (Å²) in [6, 6.07) is 4.04. The van der Waals surface area contributed by atoms with Gasteiger partial charge in [-0.2, -0.15) is 0 Å². The standard InChI is InChI=1S/C17H19FN4O3S/c1-9-8-13(6-7-14(9)18)21-26(23,24)16-11(3)22(5)10(2)15(16)17-20-19-12(4)25-17/h6-8,21H,1-5H3. The van der Waals surface area contributed by atoms with Crippen molar-refractivity contribution in [2.45, 2.75) is 32.6 Å². The third-order valence-corrected chi connectivity index (χ3v) is 5.88. The average Bonchev–Trinajstić information content (AvgIpc) is 3.08. The molecular formula is C17H19FN4O3S. The Hall–Kier alpha value is -2.68. The van der Waals surface area contributed by atoms with E-state index in [4.69, 9.17) is 4.42 Å². The maximum Gasteiger partial charge on any atom is 0.264 e. The summed E-state index contributed by atoms with van der Waals surface area (Å²) in [4.78, 5) is 0.0585. The fraction of sp³-hybridized carbons (Fsp3) is 0.294. The smallest absolute Gasteiger partial charge is 0.264 e. The minimum absolute atomic E-state index is 0.0585. The van der Waals surface area contributed by atoms with Gasteiger partial charge < -0.3 is 8.98 Å².